The highest BCUT2D eigenvalue weighted by atomic mass is 35.5. The molecule has 1 aliphatic rings. The highest BCUT2D eigenvalue weighted by Crippen LogP contribution is 2.33. The summed E-state index contributed by atoms with van der Waals surface area (Å²) in [5, 5.41) is 9.89. The number of nitrogens with zero attached hydrogens (tertiary/aromatic N) is 1. The summed E-state index contributed by atoms with van der Waals surface area (Å²) in [5.41, 5.74) is 1.08. The molecule has 1 saturated carbocycles. The van der Waals surface area contributed by atoms with Crippen molar-refractivity contribution in [2.24, 2.45) is 5.92 Å². The van der Waals surface area contributed by atoms with Crippen LogP contribution in [-0.4, -0.2) is 43.4 Å². The van der Waals surface area contributed by atoms with E-state index in [9.17, 15) is 13.5 Å². The fraction of sp³-hybridized carbons (Fsp3) is 0.600. The molecule has 0 aliphatic heterocycles. The quantitative estimate of drug-likeness (QED) is 0.743. The number of hydrogen-bond donors (Lipinski definition) is 1. The zero-order valence-electron chi connectivity index (χ0n) is 12.2. The van der Waals surface area contributed by atoms with E-state index in [-0.39, 0.29) is 17.4 Å². The second-order valence-electron chi connectivity index (χ2n) is 5.63. The summed E-state index contributed by atoms with van der Waals surface area (Å²) in [6.07, 6.45) is 3.14. The molecule has 1 N–H and O–H groups in total. The maximum Gasteiger partial charge on any atom is 0.242 e. The van der Waals surface area contributed by atoms with Crippen LogP contribution >= 0.6 is 11.6 Å². The molecular formula is C15H22ClNO3S. The summed E-state index contributed by atoms with van der Waals surface area (Å²) in [7, 11) is -2.01. The Bertz CT molecular complexity index is 555. The Morgan fingerprint density at radius 2 is 1.95 bits per heavy atom. The third-order valence-electron chi connectivity index (χ3n) is 3.84. The highest BCUT2D eigenvalue weighted by molar-refractivity contribution is 7.89. The highest BCUT2D eigenvalue weighted by Gasteiger charge is 2.33. The Kier molecular flexibility index (Phi) is 5.66. The summed E-state index contributed by atoms with van der Waals surface area (Å²) in [6.45, 7) is 0.154. The number of sulfonamides is 1. The molecule has 21 heavy (non-hydrogen) atoms. The van der Waals surface area contributed by atoms with Gasteiger partial charge >= 0.3 is 0 Å². The van der Waals surface area contributed by atoms with Crippen LogP contribution in [0.5, 0.6) is 0 Å². The molecule has 0 heterocycles. The van der Waals surface area contributed by atoms with E-state index in [1.165, 1.54) is 11.4 Å². The molecule has 118 valence electrons. The number of aliphatic hydroxyl groups excluding tert-OH is 1. The van der Waals surface area contributed by atoms with Gasteiger partial charge in [0.05, 0.1) is 11.0 Å². The average molecular weight is 332 g/mol. The van der Waals surface area contributed by atoms with Gasteiger partial charge in [-0.15, -0.1) is 11.6 Å². The Morgan fingerprint density at radius 3 is 2.48 bits per heavy atom. The van der Waals surface area contributed by atoms with Crippen molar-refractivity contribution in [2.75, 3.05) is 19.5 Å². The summed E-state index contributed by atoms with van der Waals surface area (Å²) in [4.78, 5) is 0.266. The lowest BCUT2D eigenvalue weighted by Crippen LogP contribution is -2.35. The molecule has 0 bridgehead atoms. The van der Waals surface area contributed by atoms with Gasteiger partial charge in [-0.2, -0.15) is 4.31 Å². The van der Waals surface area contributed by atoms with Gasteiger partial charge in [-0.25, -0.2) is 8.42 Å². The van der Waals surface area contributed by atoms with Crippen molar-refractivity contribution in [1.29, 1.82) is 0 Å². The number of alkyl halides is 1. The molecule has 1 aromatic rings. The van der Waals surface area contributed by atoms with Gasteiger partial charge < -0.3 is 5.11 Å². The van der Waals surface area contributed by atoms with Gasteiger partial charge in [0.1, 0.15) is 0 Å². The Hall–Kier alpha value is -0.620. The first-order valence-electron chi connectivity index (χ1n) is 7.24. The molecule has 2 rings (SSSR count). The van der Waals surface area contributed by atoms with Gasteiger partial charge in [0.25, 0.3) is 0 Å². The van der Waals surface area contributed by atoms with E-state index in [0.717, 1.165) is 31.2 Å². The Balaban J connectivity index is 2.03. The number of halogens is 1. The third kappa shape index (κ3) is 4.42. The summed E-state index contributed by atoms with van der Waals surface area (Å²) < 4.78 is 26.1. The van der Waals surface area contributed by atoms with Gasteiger partial charge in [-0.3, -0.25) is 0 Å². The maximum absolute atomic E-state index is 12.4. The second-order valence-corrected chi connectivity index (χ2v) is 8.05. The minimum absolute atomic E-state index is 0.154. The van der Waals surface area contributed by atoms with Crippen molar-refractivity contribution >= 4 is 21.6 Å². The van der Waals surface area contributed by atoms with Crippen molar-refractivity contribution in [1.82, 2.24) is 4.31 Å². The van der Waals surface area contributed by atoms with E-state index in [2.05, 4.69) is 0 Å². The van der Waals surface area contributed by atoms with Crippen LogP contribution in [0.1, 0.15) is 24.8 Å². The van der Waals surface area contributed by atoms with Gasteiger partial charge in [0.2, 0.25) is 10.0 Å². The number of aryl methyl sites for hydroxylation is 1. The lowest BCUT2D eigenvalue weighted by Gasteiger charge is -2.20. The third-order valence-corrected chi connectivity index (χ3v) is 5.95. The van der Waals surface area contributed by atoms with E-state index in [1.807, 2.05) is 12.1 Å². The maximum atomic E-state index is 12.4. The fourth-order valence-electron chi connectivity index (χ4n) is 2.27. The minimum atomic E-state index is -3.53. The first kappa shape index (κ1) is 16.7. The lowest BCUT2D eigenvalue weighted by atomic mass is 10.1. The number of benzene rings is 1. The Morgan fingerprint density at radius 1 is 1.33 bits per heavy atom. The van der Waals surface area contributed by atoms with Crippen LogP contribution in [0, 0.1) is 5.92 Å². The van der Waals surface area contributed by atoms with Crippen molar-refractivity contribution in [3.8, 4) is 0 Å². The first-order valence-corrected chi connectivity index (χ1v) is 9.22. The van der Waals surface area contributed by atoms with Crippen LogP contribution < -0.4 is 0 Å². The second kappa shape index (κ2) is 7.09. The molecule has 0 radical (unpaired) electrons. The molecule has 1 atom stereocenters. The van der Waals surface area contributed by atoms with E-state index >= 15 is 0 Å². The normalized spacial score (nSPS) is 17.1. The smallest absolute Gasteiger partial charge is 0.242 e. The summed E-state index contributed by atoms with van der Waals surface area (Å²) >= 11 is 5.65. The van der Waals surface area contributed by atoms with Crippen molar-refractivity contribution in [3.63, 3.8) is 0 Å². The van der Waals surface area contributed by atoms with Gasteiger partial charge in [0.15, 0.2) is 0 Å². The van der Waals surface area contributed by atoms with Crippen molar-refractivity contribution in [2.45, 2.75) is 36.7 Å². The van der Waals surface area contributed by atoms with Gasteiger partial charge in [-0.1, -0.05) is 12.1 Å². The number of hydrogen-bond acceptors (Lipinski definition) is 3. The zero-order valence-corrected chi connectivity index (χ0v) is 13.8. The van der Waals surface area contributed by atoms with Crippen LogP contribution in [0.25, 0.3) is 0 Å². The lowest BCUT2D eigenvalue weighted by molar-refractivity contribution is 0.131. The number of likely N-dealkylation sites (N-methyl/N-ethyl adjacent to an activating group) is 1. The molecule has 4 nitrogen and oxygen atoms in total. The molecule has 1 unspecified atom stereocenters. The van der Waals surface area contributed by atoms with Gasteiger partial charge in [-0.05, 0) is 49.3 Å². The van der Waals surface area contributed by atoms with Crippen LogP contribution in [0.15, 0.2) is 29.2 Å². The SMILES string of the molecule is CN(CC(O)C1CC1)S(=O)(=O)c1ccc(CCCCl)cc1. The standard InChI is InChI=1S/C15H22ClNO3S/c1-17(11-15(18)13-6-7-13)21(19,20)14-8-4-12(5-9-14)3-2-10-16/h4-5,8-9,13,15,18H,2-3,6-7,10-11H2,1H3. The zero-order chi connectivity index (χ0) is 15.5. The predicted octanol–water partition coefficient (Wildman–Crippen LogP) is 2.25. The first-order chi connectivity index (χ1) is 9.95. The van der Waals surface area contributed by atoms with E-state index < -0.39 is 16.1 Å². The molecule has 0 spiro atoms. The minimum Gasteiger partial charge on any atom is -0.391 e. The Labute approximate surface area is 131 Å². The predicted molar refractivity (Wildman–Crippen MR) is 84.0 cm³/mol. The van der Waals surface area contributed by atoms with E-state index in [4.69, 9.17) is 11.6 Å². The average Bonchev–Trinajstić information content (AvgIpc) is 3.30. The van der Waals surface area contributed by atoms with Crippen LogP contribution in [0.3, 0.4) is 0 Å². The van der Waals surface area contributed by atoms with E-state index in [0.29, 0.717) is 5.88 Å². The van der Waals surface area contributed by atoms with E-state index in [1.54, 1.807) is 12.1 Å². The molecule has 0 aromatic heterocycles. The molecule has 1 fully saturated rings. The van der Waals surface area contributed by atoms with Crippen molar-refractivity contribution < 1.29 is 13.5 Å². The molecule has 1 aliphatic carbocycles. The molecule has 1 aromatic carbocycles. The number of rotatable bonds is 8. The van der Waals surface area contributed by atoms with Crippen LogP contribution in [-0.2, 0) is 16.4 Å². The topological polar surface area (TPSA) is 57.6 Å². The number of aliphatic hydroxyl groups is 1. The summed E-state index contributed by atoms with van der Waals surface area (Å²) in [6, 6.07) is 6.90. The fourth-order valence-corrected chi connectivity index (χ4v) is 3.59. The summed E-state index contributed by atoms with van der Waals surface area (Å²) in [5.74, 6) is 0.863. The molecule has 0 amide bonds. The van der Waals surface area contributed by atoms with Crippen LogP contribution in [0.2, 0.25) is 0 Å². The van der Waals surface area contributed by atoms with Crippen molar-refractivity contribution in [3.05, 3.63) is 29.8 Å². The van der Waals surface area contributed by atoms with Crippen LogP contribution in [0.4, 0.5) is 0 Å². The largest absolute Gasteiger partial charge is 0.391 e. The van der Waals surface area contributed by atoms with Gasteiger partial charge in [0, 0.05) is 19.5 Å². The molecule has 0 saturated heterocycles. The molecule has 6 heteroatoms. The monoisotopic (exact) mass is 331 g/mol. The molecular weight excluding hydrogens is 310 g/mol.